The van der Waals surface area contributed by atoms with E-state index >= 15 is 0 Å². The van der Waals surface area contributed by atoms with Crippen molar-refractivity contribution >= 4 is 11.8 Å². The fraction of sp³-hybridized carbons (Fsp3) is 0.273. The third-order valence-electron chi connectivity index (χ3n) is 2.70. The molecule has 1 unspecified atom stereocenters. The van der Waals surface area contributed by atoms with Crippen LogP contribution in [-0.2, 0) is 11.2 Å². The SMILES string of the molecule is O=C(O)C1(F)CCc2ccccc2C1=O. The molecule has 0 amide bonds. The smallest absolute Gasteiger partial charge is 0.349 e. The van der Waals surface area contributed by atoms with E-state index in [0.29, 0.717) is 0 Å². The standard InChI is InChI=1S/C11H9FO3/c12-11(10(14)15)6-5-7-3-1-2-4-8(7)9(11)13/h1-4H,5-6H2,(H,14,15). The van der Waals surface area contributed by atoms with Gasteiger partial charge in [0.1, 0.15) is 0 Å². The maximum atomic E-state index is 13.8. The van der Waals surface area contributed by atoms with Crippen molar-refractivity contribution in [2.45, 2.75) is 18.5 Å². The number of fused-ring (bicyclic) bond motifs is 1. The number of hydrogen-bond acceptors (Lipinski definition) is 2. The number of aryl methyl sites for hydroxylation is 1. The lowest BCUT2D eigenvalue weighted by atomic mass is 9.80. The lowest BCUT2D eigenvalue weighted by Gasteiger charge is -2.25. The van der Waals surface area contributed by atoms with Crippen LogP contribution in [-0.4, -0.2) is 22.5 Å². The predicted molar refractivity (Wildman–Crippen MR) is 50.6 cm³/mol. The highest BCUT2D eigenvalue weighted by molar-refractivity contribution is 6.16. The maximum Gasteiger partial charge on any atom is 0.349 e. The number of ketones is 1. The summed E-state index contributed by atoms with van der Waals surface area (Å²) in [5.74, 6) is -2.63. The quantitative estimate of drug-likeness (QED) is 0.713. The lowest BCUT2D eigenvalue weighted by Crippen LogP contribution is -2.45. The molecule has 78 valence electrons. The largest absolute Gasteiger partial charge is 0.479 e. The number of alkyl halides is 1. The van der Waals surface area contributed by atoms with E-state index in [1.807, 2.05) is 0 Å². The van der Waals surface area contributed by atoms with Gasteiger partial charge in [0, 0.05) is 12.0 Å². The summed E-state index contributed by atoms with van der Waals surface area (Å²) in [5.41, 5.74) is -1.83. The Morgan fingerprint density at radius 1 is 1.40 bits per heavy atom. The molecule has 3 nitrogen and oxygen atoms in total. The fourth-order valence-corrected chi connectivity index (χ4v) is 1.80. The van der Waals surface area contributed by atoms with Gasteiger partial charge in [0.05, 0.1) is 0 Å². The van der Waals surface area contributed by atoms with Gasteiger partial charge in [-0.2, -0.15) is 0 Å². The number of halogens is 1. The van der Waals surface area contributed by atoms with Gasteiger partial charge >= 0.3 is 5.97 Å². The zero-order valence-electron chi connectivity index (χ0n) is 7.87. The molecule has 0 spiro atoms. The number of benzene rings is 1. The minimum absolute atomic E-state index is 0.189. The molecule has 2 rings (SSSR count). The molecule has 4 heteroatoms. The molecule has 1 aliphatic rings. The minimum Gasteiger partial charge on any atom is -0.479 e. The number of aliphatic carboxylic acids is 1. The van der Waals surface area contributed by atoms with Crippen molar-refractivity contribution in [2.75, 3.05) is 0 Å². The van der Waals surface area contributed by atoms with Crippen molar-refractivity contribution in [3.05, 3.63) is 35.4 Å². The molecule has 0 radical (unpaired) electrons. The Kier molecular flexibility index (Phi) is 2.07. The van der Waals surface area contributed by atoms with Crippen molar-refractivity contribution in [1.29, 1.82) is 0 Å². The van der Waals surface area contributed by atoms with Gasteiger partial charge in [0.2, 0.25) is 5.78 Å². The number of hydrogen-bond donors (Lipinski definition) is 1. The van der Waals surface area contributed by atoms with Crippen LogP contribution in [0.2, 0.25) is 0 Å². The molecule has 0 heterocycles. The Labute approximate surface area is 85.5 Å². The van der Waals surface area contributed by atoms with Gasteiger partial charge in [0.25, 0.3) is 5.67 Å². The van der Waals surface area contributed by atoms with Gasteiger partial charge in [-0.1, -0.05) is 24.3 Å². The van der Waals surface area contributed by atoms with E-state index in [9.17, 15) is 14.0 Å². The highest BCUT2D eigenvalue weighted by atomic mass is 19.1. The Balaban J connectivity index is 2.51. The number of rotatable bonds is 1. The molecule has 1 aliphatic carbocycles. The second-order valence-electron chi connectivity index (χ2n) is 3.59. The summed E-state index contributed by atoms with van der Waals surface area (Å²) >= 11 is 0. The van der Waals surface area contributed by atoms with Crippen molar-refractivity contribution < 1.29 is 19.1 Å². The average Bonchev–Trinajstić information content (AvgIpc) is 2.24. The second kappa shape index (κ2) is 3.15. The normalized spacial score (nSPS) is 24.7. The summed E-state index contributed by atoms with van der Waals surface area (Å²) in [4.78, 5) is 22.3. The monoisotopic (exact) mass is 208 g/mol. The Morgan fingerprint density at radius 2 is 2.07 bits per heavy atom. The molecule has 0 saturated heterocycles. The minimum atomic E-state index is -2.74. The van der Waals surface area contributed by atoms with E-state index < -0.39 is 17.4 Å². The van der Waals surface area contributed by atoms with E-state index in [2.05, 4.69) is 0 Å². The predicted octanol–water partition coefficient (Wildman–Crippen LogP) is 1.61. The zero-order valence-corrected chi connectivity index (χ0v) is 7.87. The van der Waals surface area contributed by atoms with E-state index in [4.69, 9.17) is 5.11 Å². The molecule has 0 aliphatic heterocycles. The van der Waals surface area contributed by atoms with Crippen LogP contribution in [0.4, 0.5) is 4.39 Å². The molecule has 1 atom stereocenters. The van der Waals surface area contributed by atoms with Gasteiger partial charge in [-0.15, -0.1) is 0 Å². The second-order valence-corrected chi connectivity index (χ2v) is 3.59. The first-order chi connectivity index (χ1) is 7.05. The van der Waals surface area contributed by atoms with Gasteiger partial charge in [-0.05, 0) is 12.0 Å². The van der Waals surface area contributed by atoms with Crippen molar-refractivity contribution in [3.8, 4) is 0 Å². The number of Topliss-reactive ketones (excluding diaryl/α,β-unsaturated/α-hetero) is 1. The van der Waals surface area contributed by atoms with Gasteiger partial charge in [-0.25, -0.2) is 9.18 Å². The topological polar surface area (TPSA) is 54.4 Å². The van der Waals surface area contributed by atoms with Crippen LogP contribution in [0.15, 0.2) is 24.3 Å². The Morgan fingerprint density at radius 3 is 2.73 bits per heavy atom. The van der Waals surface area contributed by atoms with Crippen LogP contribution >= 0.6 is 0 Å². The molecule has 15 heavy (non-hydrogen) atoms. The van der Waals surface area contributed by atoms with Crippen molar-refractivity contribution in [3.63, 3.8) is 0 Å². The molecule has 1 aromatic rings. The van der Waals surface area contributed by atoms with Gasteiger partial charge in [-0.3, -0.25) is 4.79 Å². The molecule has 1 aromatic carbocycles. The first kappa shape index (κ1) is 9.83. The van der Waals surface area contributed by atoms with Gasteiger partial charge < -0.3 is 5.11 Å². The molecule has 1 N–H and O–H groups in total. The first-order valence-electron chi connectivity index (χ1n) is 4.61. The van der Waals surface area contributed by atoms with Crippen LogP contribution in [0.25, 0.3) is 0 Å². The summed E-state index contributed by atoms with van der Waals surface area (Å²) in [6, 6.07) is 6.53. The van der Waals surface area contributed by atoms with E-state index in [-0.39, 0.29) is 18.4 Å². The molecule has 0 fully saturated rings. The van der Waals surface area contributed by atoms with Gasteiger partial charge in [0.15, 0.2) is 0 Å². The maximum absolute atomic E-state index is 13.8. The van der Waals surface area contributed by atoms with E-state index in [1.165, 1.54) is 6.07 Å². The van der Waals surface area contributed by atoms with Crippen LogP contribution in [0.5, 0.6) is 0 Å². The number of carbonyl (C=O) groups excluding carboxylic acids is 1. The Hall–Kier alpha value is -1.71. The van der Waals surface area contributed by atoms with Crippen molar-refractivity contribution in [2.24, 2.45) is 0 Å². The molecular formula is C11H9FO3. The first-order valence-corrected chi connectivity index (χ1v) is 4.61. The van der Waals surface area contributed by atoms with E-state index in [0.717, 1.165) is 5.56 Å². The molecule has 0 aromatic heterocycles. The molecular weight excluding hydrogens is 199 g/mol. The molecule has 0 saturated carbocycles. The Bertz CT molecular complexity index is 441. The average molecular weight is 208 g/mol. The van der Waals surface area contributed by atoms with Crippen LogP contribution in [0.1, 0.15) is 22.3 Å². The van der Waals surface area contributed by atoms with Crippen molar-refractivity contribution in [1.82, 2.24) is 0 Å². The highest BCUT2D eigenvalue weighted by Crippen LogP contribution is 2.31. The summed E-state index contributed by atoms with van der Waals surface area (Å²) in [6.07, 6.45) is 0.00287. The third kappa shape index (κ3) is 1.33. The zero-order chi connectivity index (χ0) is 11.1. The van der Waals surface area contributed by atoms with E-state index in [1.54, 1.807) is 18.2 Å². The summed E-state index contributed by atoms with van der Waals surface area (Å²) in [6.45, 7) is 0. The summed E-state index contributed by atoms with van der Waals surface area (Å²) < 4.78 is 13.8. The van der Waals surface area contributed by atoms with Crippen LogP contribution in [0.3, 0.4) is 0 Å². The van der Waals surface area contributed by atoms with Crippen LogP contribution < -0.4 is 0 Å². The third-order valence-corrected chi connectivity index (χ3v) is 2.70. The summed E-state index contributed by atoms with van der Waals surface area (Å²) in [7, 11) is 0. The number of carboxylic acid groups (broad SMARTS) is 1. The summed E-state index contributed by atoms with van der Waals surface area (Å²) in [5, 5.41) is 8.70. The molecule has 0 bridgehead atoms. The number of carboxylic acids is 1. The fourth-order valence-electron chi connectivity index (χ4n) is 1.80. The van der Waals surface area contributed by atoms with Crippen LogP contribution in [0, 0.1) is 0 Å². The number of carbonyl (C=O) groups is 2. The lowest BCUT2D eigenvalue weighted by molar-refractivity contribution is -0.147. The highest BCUT2D eigenvalue weighted by Gasteiger charge is 2.49.